The molecule has 61 heavy (non-hydrogen) atoms. The molecule has 2 aromatic carbocycles. The maximum Gasteiger partial charge on any atom is 0.329 e. The third-order valence-electron chi connectivity index (χ3n) is 8.13. The fourth-order valence-electron chi connectivity index (χ4n) is 4.99. The highest BCUT2D eigenvalue weighted by Gasteiger charge is 2.23. The van der Waals surface area contributed by atoms with E-state index in [4.69, 9.17) is 61.6 Å². The Labute approximate surface area is 361 Å². The van der Waals surface area contributed by atoms with Crippen LogP contribution in [-0.4, -0.2) is 182 Å². The molecule has 0 aliphatic carbocycles. The van der Waals surface area contributed by atoms with Gasteiger partial charge in [-0.25, -0.2) is 4.79 Å². The monoisotopic (exact) mass is 869 g/mol. The van der Waals surface area contributed by atoms with Gasteiger partial charge >= 0.3 is 5.97 Å². The standard InChI is InChI=1S/C44H71NO16/c1-2-13-49-15-17-51-19-21-53-23-25-55-27-29-57-31-33-59-35-36-60-34-32-58-30-28-56-26-24-54-22-20-52-18-16-50-14-12-43(47)45-42(37-39-8-10-41(46)11-9-39)44(48)61-38-40-6-4-3-5-7-40/h3-11,42,46H,2,12-38H2,1H3,(H,45,47)/t42-/m0/s1. The van der Waals surface area contributed by atoms with Gasteiger partial charge in [0.2, 0.25) is 5.91 Å². The van der Waals surface area contributed by atoms with E-state index in [0.717, 1.165) is 24.2 Å². The van der Waals surface area contributed by atoms with Gasteiger partial charge in [-0.3, -0.25) is 4.79 Å². The van der Waals surface area contributed by atoms with Gasteiger partial charge in [-0.2, -0.15) is 0 Å². The summed E-state index contributed by atoms with van der Waals surface area (Å²) >= 11 is 0. The molecular formula is C44H71NO16. The molecule has 0 aliphatic rings. The number of phenolic OH excluding ortho intramolecular Hbond substituents is 1. The molecule has 1 amide bonds. The lowest BCUT2D eigenvalue weighted by atomic mass is 10.1. The van der Waals surface area contributed by atoms with Gasteiger partial charge in [-0.05, 0) is 29.7 Å². The number of esters is 1. The van der Waals surface area contributed by atoms with Crippen molar-refractivity contribution in [3.05, 3.63) is 65.7 Å². The number of hydrogen-bond donors (Lipinski definition) is 2. The Hall–Kier alpha value is -3.30. The number of hydrogen-bond acceptors (Lipinski definition) is 16. The molecule has 17 nitrogen and oxygen atoms in total. The quantitative estimate of drug-likeness (QED) is 0.0730. The second-order valence-corrected chi connectivity index (χ2v) is 13.2. The van der Waals surface area contributed by atoms with Crippen LogP contribution in [0.1, 0.15) is 30.9 Å². The van der Waals surface area contributed by atoms with Crippen LogP contribution < -0.4 is 5.32 Å². The van der Waals surface area contributed by atoms with Crippen LogP contribution in [0.5, 0.6) is 5.75 Å². The lowest BCUT2D eigenvalue weighted by Gasteiger charge is -2.18. The lowest BCUT2D eigenvalue weighted by Crippen LogP contribution is -2.43. The Bertz CT molecular complexity index is 1280. The fourth-order valence-corrected chi connectivity index (χ4v) is 4.99. The van der Waals surface area contributed by atoms with Crippen molar-refractivity contribution in [1.82, 2.24) is 5.32 Å². The molecule has 0 saturated heterocycles. The van der Waals surface area contributed by atoms with Crippen LogP contribution in [0.25, 0.3) is 0 Å². The first-order valence-electron chi connectivity index (χ1n) is 21.3. The molecule has 2 rings (SSSR count). The molecule has 0 aromatic heterocycles. The molecule has 0 spiro atoms. The zero-order chi connectivity index (χ0) is 43.5. The average molecular weight is 870 g/mol. The SMILES string of the molecule is CCCOCCOCCOCCOCCOCCOCCOCCOCCOCCOCCOCCOCCC(=O)N[C@@H](Cc1ccc(O)cc1)C(=O)OCc1ccccc1. The molecule has 1 atom stereocenters. The predicted molar refractivity (Wildman–Crippen MR) is 225 cm³/mol. The number of nitrogens with one attached hydrogen (secondary N) is 1. The van der Waals surface area contributed by atoms with E-state index in [1.165, 1.54) is 12.1 Å². The molecule has 0 unspecified atom stereocenters. The number of rotatable bonds is 44. The number of ether oxygens (including phenoxy) is 13. The molecule has 0 saturated carbocycles. The minimum atomic E-state index is -0.892. The molecule has 17 heteroatoms. The molecule has 2 aromatic rings. The van der Waals surface area contributed by atoms with Crippen molar-refractivity contribution in [2.24, 2.45) is 0 Å². The Balaban J connectivity index is 1.28. The summed E-state index contributed by atoms with van der Waals surface area (Å²) in [4.78, 5) is 25.5. The molecule has 0 radical (unpaired) electrons. The van der Waals surface area contributed by atoms with Crippen molar-refractivity contribution in [2.75, 3.05) is 159 Å². The first-order valence-corrected chi connectivity index (χ1v) is 21.3. The van der Waals surface area contributed by atoms with E-state index in [0.29, 0.717) is 145 Å². The number of carbonyl (C=O) groups is 2. The first kappa shape index (κ1) is 53.8. The van der Waals surface area contributed by atoms with Crippen LogP contribution in [0.3, 0.4) is 0 Å². The summed E-state index contributed by atoms with van der Waals surface area (Å²) in [6.45, 7) is 13.6. The van der Waals surface area contributed by atoms with Crippen molar-refractivity contribution >= 4 is 11.9 Å². The molecule has 348 valence electrons. The van der Waals surface area contributed by atoms with Gasteiger partial charge in [0, 0.05) is 19.4 Å². The summed E-state index contributed by atoms with van der Waals surface area (Å²) in [6, 6.07) is 14.9. The second-order valence-electron chi connectivity index (χ2n) is 13.2. The fraction of sp³-hybridized carbons (Fsp3) is 0.682. The zero-order valence-electron chi connectivity index (χ0n) is 36.1. The Morgan fingerprint density at radius 3 is 1.16 bits per heavy atom. The molecular weight excluding hydrogens is 798 g/mol. The van der Waals surface area contributed by atoms with Gasteiger partial charge in [0.05, 0.1) is 152 Å². The maximum absolute atomic E-state index is 12.9. The number of amides is 1. The normalized spacial score (nSPS) is 11.8. The van der Waals surface area contributed by atoms with E-state index in [-0.39, 0.29) is 37.7 Å². The maximum atomic E-state index is 12.9. The number of aromatic hydroxyl groups is 1. The van der Waals surface area contributed by atoms with E-state index in [9.17, 15) is 14.7 Å². The smallest absolute Gasteiger partial charge is 0.329 e. The molecule has 2 N–H and O–H groups in total. The number of benzene rings is 2. The summed E-state index contributed by atoms with van der Waals surface area (Å²) in [7, 11) is 0. The lowest BCUT2D eigenvalue weighted by molar-refractivity contribution is -0.149. The first-order chi connectivity index (χ1) is 30.1. The number of carbonyl (C=O) groups excluding carboxylic acids is 2. The molecule has 0 aliphatic heterocycles. The molecule has 0 heterocycles. The molecule has 0 fully saturated rings. The van der Waals surface area contributed by atoms with E-state index in [2.05, 4.69) is 12.2 Å². The van der Waals surface area contributed by atoms with Crippen LogP contribution >= 0.6 is 0 Å². The Morgan fingerprint density at radius 2 is 0.803 bits per heavy atom. The van der Waals surface area contributed by atoms with Crippen LogP contribution in [0.4, 0.5) is 0 Å². The van der Waals surface area contributed by atoms with Gasteiger partial charge < -0.3 is 72.0 Å². The Morgan fingerprint density at radius 1 is 0.459 bits per heavy atom. The molecule has 0 bridgehead atoms. The highest BCUT2D eigenvalue weighted by atomic mass is 16.6. The van der Waals surface area contributed by atoms with Gasteiger partial charge in [0.1, 0.15) is 18.4 Å². The minimum Gasteiger partial charge on any atom is -0.508 e. The summed E-state index contributed by atoms with van der Waals surface area (Å²) in [6.07, 6.45) is 1.30. The summed E-state index contributed by atoms with van der Waals surface area (Å²) in [5, 5.41) is 12.3. The summed E-state index contributed by atoms with van der Waals surface area (Å²) in [5.74, 6) is -0.771. The van der Waals surface area contributed by atoms with Gasteiger partial charge in [0.15, 0.2) is 0 Å². The van der Waals surface area contributed by atoms with Crippen molar-refractivity contribution in [3.8, 4) is 5.75 Å². The Kier molecular flexibility index (Phi) is 36.0. The van der Waals surface area contributed by atoms with Crippen molar-refractivity contribution in [2.45, 2.75) is 38.8 Å². The van der Waals surface area contributed by atoms with E-state index in [1.54, 1.807) is 12.1 Å². The van der Waals surface area contributed by atoms with Crippen LogP contribution in [-0.2, 0) is 84.2 Å². The van der Waals surface area contributed by atoms with E-state index in [1.807, 2.05) is 30.3 Å². The third-order valence-corrected chi connectivity index (χ3v) is 8.13. The van der Waals surface area contributed by atoms with Gasteiger partial charge in [0.25, 0.3) is 0 Å². The van der Waals surface area contributed by atoms with Gasteiger partial charge in [-0.15, -0.1) is 0 Å². The van der Waals surface area contributed by atoms with Crippen LogP contribution in [0.2, 0.25) is 0 Å². The zero-order valence-corrected chi connectivity index (χ0v) is 36.1. The average Bonchev–Trinajstić information content (AvgIpc) is 3.27. The number of phenols is 1. The van der Waals surface area contributed by atoms with Crippen molar-refractivity contribution < 1.29 is 76.3 Å². The minimum absolute atomic E-state index is 0.0666. The topological polar surface area (TPSA) is 186 Å². The van der Waals surface area contributed by atoms with Crippen molar-refractivity contribution in [3.63, 3.8) is 0 Å². The van der Waals surface area contributed by atoms with Crippen LogP contribution in [0, 0.1) is 0 Å². The van der Waals surface area contributed by atoms with E-state index >= 15 is 0 Å². The van der Waals surface area contributed by atoms with Gasteiger partial charge in [-0.1, -0.05) is 49.4 Å². The van der Waals surface area contributed by atoms with E-state index < -0.39 is 12.0 Å². The third kappa shape index (κ3) is 33.9. The summed E-state index contributed by atoms with van der Waals surface area (Å²) < 4.78 is 71.2. The highest BCUT2D eigenvalue weighted by Crippen LogP contribution is 2.13. The van der Waals surface area contributed by atoms with Crippen LogP contribution in [0.15, 0.2) is 54.6 Å². The van der Waals surface area contributed by atoms with Crippen molar-refractivity contribution in [1.29, 1.82) is 0 Å². The predicted octanol–water partition coefficient (Wildman–Crippen LogP) is 3.16. The largest absolute Gasteiger partial charge is 0.508 e. The highest BCUT2D eigenvalue weighted by molar-refractivity contribution is 5.84. The second kappa shape index (κ2) is 40.8. The summed E-state index contributed by atoms with van der Waals surface area (Å²) in [5.41, 5.74) is 1.61.